The van der Waals surface area contributed by atoms with E-state index in [2.05, 4.69) is 5.92 Å². The van der Waals surface area contributed by atoms with E-state index >= 15 is 0 Å². The fourth-order valence-corrected chi connectivity index (χ4v) is 4.46. The van der Waals surface area contributed by atoms with E-state index in [-0.39, 0.29) is 17.3 Å². The average molecular weight is 456 g/mol. The molecule has 1 fully saturated rings. The van der Waals surface area contributed by atoms with E-state index in [0.29, 0.717) is 44.1 Å². The normalized spacial score (nSPS) is 14.3. The van der Waals surface area contributed by atoms with Crippen molar-refractivity contribution in [3.05, 3.63) is 59.2 Å². The molecule has 0 bridgehead atoms. The molecule has 0 aromatic heterocycles. The van der Waals surface area contributed by atoms with Crippen LogP contribution in [0.3, 0.4) is 0 Å². The molecule has 0 spiro atoms. The molecule has 3 rings (SSSR count). The van der Waals surface area contributed by atoms with E-state index in [1.807, 2.05) is 36.1 Å². The maximum absolute atomic E-state index is 13.7. The van der Waals surface area contributed by atoms with Gasteiger partial charge in [-0.05, 0) is 30.7 Å². The van der Waals surface area contributed by atoms with Crippen LogP contribution in [0.1, 0.15) is 21.5 Å². The summed E-state index contributed by atoms with van der Waals surface area (Å²) in [6.07, 6.45) is 5.57. The first-order valence-corrected chi connectivity index (χ1v) is 11.9. The molecule has 0 N–H and O–H groups in total. The van der Waals surface area contributed by atoms with E-state index in [1.54, 1.807) is 17.0 Å². The summed E-state index contributed by atoms with van der Waals surface area (Å²) >= 11 is 0. The van der Waals surface area contributed by atoms with Gasteiger partial charge in [0.15, 0.2) is 0 Å². The summed E-state index contributed by atoms with van der Waals surface area (Å²) in [5.74, 6) is 2.25. The summed E-state index contributed by atoms with van der Waals surface area (Å²) in [5, 5.41) is 0. The summed E-state index contributed by atoms with van der Waals surface area (Å²) in [6, 6.07) is 12.6. The van der Waals surface area contributed by atoms with Crippen molar-refractivity contribution in [2.75, 3.05) is 51.8 Å². The monoisotopic (exact) mass is 455 g/mol. The van der Waals surface area contributed by atoms with Gasteiger partial charge >= 0.3 is 0 Å². The predicted octanol–water partition coefficient (Wildman–Crippen LogP) is 2.36. The van der Waals surface area contributed by atoms with Gasteiger partial charge in [-0.15, -0.1) is 6.42 Å². The largest absolute Gasteiger partial charge is 0.378 e. The molecule has 170 valence electrons. The molecule has 0 radical (unpaired) electrons. The fourth-order valence-electron chi connectivity index (χ4n) is 3.53. The molecule has 2 aromatic rings. The van der Waals surface area contributed by atoms with Gasteiger partial charge in [0, 0.05) is 39.4 Å². The number of nitrogens with zero attached hydrogens (tertiary/aromatic N) is 3. The van der Waals surface area contributed by atoms with Crippen molar-refractivity contribution in [2.45, 2.75) is 18.4 Å². The van der Waals surface area contributed by atoms with Gasteiger partial charge in [0.05, 0.1) is 30.2 Å². The highest BCUT2D eigenvalue weighted by Gasteiger charge is 2.26. The molecule has 1 saturated heterocycles. The number of aryl methyl sites for hydroxylation is 1. The number of anilines is 1. The molecule has 32 heavy (non-hydrogen) atoms. The Kier molecular flexibility index (Phi) is 7.56. The summed E-state index contributed by atoms with van der Waals surface area (Å²) in [5.41, 5.74) is 3.07. The molecule has 8 heteroatoms. The second-order valence-corrected chi connectivity index (χ2v) is 10.1. The van der Waals surface area contributed by atoms with Crippen LogP contribution in [0.25, 0.3) is 0 Å². The first-order chi connectivity index (χ1) is 15.2. The Morgan fingerprint density at radius 3 is 2.38 bits per heavy atom. The van der Waals surface area contributed by atoms with Crippen molar-refractivity contribution in [3.8, 4) is 12.3 Å². The van der Waals surface area contributed by atoms with Gasteiger partial charge in [0.2, 0.25) is 10.0 Å². The number of rotatable bonds is 7. The lowest BCUT2D eigenvalue weighted by atomic mass is 10.1. The molecule has 7 nitrogen and oxygen atoms in total. The number of amides is 1. The van der Waals surface area contributed by atoms with Crippen LogP contribution in [-0.2, 0) is 21.3 Å². The van der Waals surface area contributed by atoms with E-state index in [1.165, 1.54) is 20.2 Å². The summed E-state index contributed by atoms with van der Waals surface area (Å²) in [4.78, 5) is 17.4. The van der Waals surface area contributed by atoms with Gasteiger partial charge < -0.3 is 14.5 Å². The third-order valence-electron chi connectivity index (χ3n) is 5.39. The second kappa shape index (κ2) is 10.2. The minimum absolute atomic E-state index is 0.0684. The molecular formula is C24H29N3O4S. The molecule has 1 heterocycles. The first kappa shape index (κ1) is 23.8. The molecule has 2 aromatic carbocycles. The van der Waals surface area contributed by atoms with Crippen molar-refractivity contribution >= 4 is 21.6 Å². The van der Waals surface area contributed by atoms with Gasteiger partial charge in [-0.3, -0.25) is 4.79 Å². The Labute approximate surface area is 190 Å². The average Bonchev–Trinajstić information content (AvgIpc) is 2.79. The van der Waals surface area contributed by atoms with Gasteiger partial charge in [-0.25, -0.2) is 12.7 Å². The number of morpholine rings is 1. The van der Waals surface area contributed by atoms with Crippen molar-refractivity contribution in [2.24, 2.45) is 0 Å². The van der Waals surface area contributed by atoms with Crippen LogP contribution < -0.4 is 4.90 Å². The van der Waals surface area contributed by atoms with Crippen molar-refractivity contribution in [1.82, 2.24) is 9.21 Å². The van der Waals surface area contributed by atoms with Crippen LogP contribution in [0.15, 0.2) is 47.4 Å². The van der Waals surface area contributed by atoms with Gasteiger partial charge in [0.25, 0.3) is 5.91 Å². The van der Waals surface area contributed by atoms with E-state index in [4.69, 9.17) is 11.2 Å². The molecule has 0 saturated carbocycles. The van der Waals surface area contributed by atoms with E-state index < -0.39 is 10.0 Å². The van der Waals surface area contributed by atoms with Gasteiger partial charge in [-0.2, -0.15) is 0 Å². The fraction of sp³-hybridized carbons (Fsp3) is 0.375. The molecule has 1 amide bonds. The summed E-state index contributed by atoms with van der Waals surface area (Å²) < 4.78 is 32.1. The molecule has 0 aliphatic carbocycles. The lowest BCUT2D eigenvalue weighted by Gasteiger charge is -2.32. The zero-order valence-electron chi connectivity index (χ0n) is 18.7. The van der Waals surface area contributed by atoms with Crippen molar-refractivity contribution in [1.29, 1.82) is 0 Å². The highest BCUT2D eigenvalue weighted by atomic mass is 32.2. The molecule has 1 aliphatic heterocycles. The van der Waals surface area contributed by atoms with Crippen LogP contribution in [0.5, 0.6) is 0 Å². The minimum atomic E-state index is -3.70. The smallest absolute Gasteiger partial charge is 0.257 e. The quantitative estimate of drug-likeness (QED) is 0.600. The number of carbonyl (C=O) groups excluding carboxylic acids is 1. The minimum Gasteiger partial charge on any atom is -0.378 e. The maximum atomic E-state index is 13.7. The van der Waals surface area contributed by atoms with E-state index in [9.17, 15) is 13.2 Å². The molecule has 0 atom stereocenters. The zero-order valence-corrected chi connectivity index (χ0v) is 19.6. The number of hydrogen-bond acceptors (Lipinski definition) is 5. The molecule has 1 aliphatic rings. The van der Waals surface area contributed by atoms with Crippen LogP contribution in [-0.4, -0.2) is 70.5 Å². The van der Waals surface area contributed by atoms with Crippen LogP contribution in [0.4, 0.5) is 5.69 Å². The van der Waals surface area contributed by atoms with Crippen molar-refractivity contribution < 1.29 is 17.9 Å². The SMILES string of the molecule is C#CCN(Cc1ccc(C)cc1)C(=O)c1cc(S(=O)(=O)N(C)C)ccc1N1CCOCC1. The Balaban J connectivity index is 2.04. The second-order valence-electron chi connectivity index (χ2n) is 7.92. The Bertz CT molecular complexity index is 1100. The topological polar surface area (TPSA) is 70.2 Å². The molecule has 0 unspecified atom stereocenters. The standard InChI is InChI=1S/C24H29N3O4S/c1-5-12-27(18-20-8-6-19(2)7-9-20)24(28)22-17-21(32(29,30)25(3)4)10-11-23(22)26-13-15-31-16-14-26/h1,6-11,17H,12-16,18H2,2-4H3. The van der Waals surface area contributed by atoms with Crippen LogP contribution in [0, 0.1) is 19.3 Å². The Morgan fingerprint density at radius 1 is 1.12 bits per heavy atom. The number of carbonyl (C=O) groups is 1. The summed E-state index contributed by atoms with van der Waals surface area (Å²) in [6.45, 7) is 4.77. The highest BCUT2D eigenvalue weighted by Crippen LogP contribution is 2.28. The predicted molar refractivity (Wildman–Crippen MR) is 125 cm³/mol. The van der Waals surface area contributed by atoms with Crippen LogP contribution in [0.2, 0.25) is 0 Å². The number of terminal acetylenes is 1. The highest BCUT2D eigenvalue weighted by molar-refractivity contribution is 7.89. The lowest BCUT2D eigenvalue weighted by Crippen LogP contribution is -2.39. The number of benzene rings is 2. The number of sulfonamides is 1. The number of hydrogen-bond donors (Lipinski definition) is 0. The third kappa shape index (κ3) is 5.30. The van der Waals surface area contributed by atoms with E-state index in [0.717, 1.165) is 15.4 Å². The Morgan fingerprint density at radius 2 is 1.78 bits per heavy atom. The maximum Gasteiger partial charge on any atom is 0.257 e. The van der Waals surface area contributed by atoms with Gasteiger partial charge in [0.1, 0.15) is 0 Å². The number of ether oxygens (including phenoxy) is 1. The molecular weight excluding hydrogens is 426 g/mol. The lowest BCUT2D eigenvalue weighted by molar-refractivity contribution is 0.0765. The third-order valence-corrected chi connectivity index (χ3v) is 7.20. The summed E-state index contributed by atoms with van der Waals surface area (Å²) in [7, 11) is -0.769. The zero-order chi connectivity index (χ0) is 23.3. The first-order valence-electron chi connectivity index (χ1n) is 10.4. The van der Waals surface area contributed by atoms with Crippen molar-refractivity contribution in [3.63, 3.8) is 0 Å². The van der Waals surface area contributed by atoms with Crippen LogP contribution >= 0.6 is 0 Å². The Hall–Kier alpha value is -2.86. The van der Waals surface area contributed by atoms with Gasteiger partial charge in [-0.1, -0.05) is 35.7 Å².